The predicted octanol–water partition coefficient (Wildman–Crippen LogP) is 1.61. The van der Waals surface area contributed by atoms with Crippen LogP contribution in [0.1, 0.15) is 30.7 Å². The van der Waals surface area contributed by atoms with E-state index < -0.39 is 0 Å². The number of imidazole rings is 1. The summed E-state index contributed by atoms with van der Waals surface area (Å²) in [4.78, 5) is 7.32. The van der Waals surface area contributed by atoms with Gasteiger partial charge in [-0.25, -0.2) is 4.98 Å². The molecular formula is C10H17N3. The molecule has 3 heteroatoms. The molecule has 1 heterocycles. The number of aromatic amines is 1. The van der Waals surface area contributed by atoms with Crippen LogP contribution in [0.3, 0.4) is 0 Å². The molecule has 0 unspecified atom stereocenters. The zero-order valence-electron chi connectivity index (χ0n) is 8.14. The molecule has 1 aromatic rings. The maximum absolute atomic E-state index is 4.24. The Balaban J connectivity index is 1.70. The average molecular weight is 179 g/mol. The van der Waals surface area contributed by atoms with Gasteiger partial charge in [0.25, 0.3) is 0 Å². The van der Waals surface area contributed by atoms with Crippen molar-refractivity contribution in [2.24, 2.45) is 5.92 Å². The van der Waals surface area contributed by atoms with Crippen molar-refractivity contribution in [3.8, 4) is 0 Å². The van der Waals surface area contributed by atoms with E-state index in [1.165, 1.54) is 25.0 Å². The molecule has 1 saturated carbocycles. The van der Waals surface area contributed by atoms with Crippen LogP contribution in [0.2, 0.25) is 0 Å². The zero-order chi connectivity index (χ0) is 9.10. The molecule has 0 saturated heterocycles. The molecule has 1 aromatic heterocycles. The van der Waals surface area contributed by atoms with Crippen molar-refractivity contribution < 1.29 is 0 Å². The molecule has 0 atom stereocenters. The summed E-state index contributed by atoms with van der Waals surface area (Å²) in [6.07, 6.45) is 6.00. The molecule has 13 heavy (non-hydrogen) atoms. The first-order chi connectivity index (χ1) is 6.36. The molecule has 0 bridgehead atoms. The summed E-state index contributed by atoms with van der Waals surface area (Å²) in [5.41, 5.74) is 2.33. The van der Waals surface area contributed by atoms with Crippen molar-refractivity contribution in [2.75, 3.05) is 6.54 Å². The quantitative estimate of drug-likeness (QED) is 0.737. The largest absolute Gasteiger partial charge is 0.348 e. The number of aromatic nitrogens is 2. The zero-order valence-corrected chi connectivity index (χ0v) is 8.14. The molecule has 1 fully saturated rings. The van der Waals surface area contributed by atoms with E-state index in [9.17, 15) is 0 Å². The highest BCUT2D eigenvalue weighted by Crippen LogP contribution is 2.25. The number of nitrogens with one attached hydrogen (secondary N) is 2. The highest BCUT2D eigenvalue weighted by atomic mass is 14.9. The number of hydrogen-bond acceptors (Lipinski definition) is 2. The Bertz CT molecular complexity index is 263. The molecule has 3 nitrogen and oxygen atoms in total. The van der Waals surface area contributed by atoms with Crippen molar-refractivity contribution in [3.63, 3.8) is 0 Å². The third kappa shape index (κ3) is 2.10. The number of H-pyrrole nitrogens is 1. The second-order valence-electron chi connectivity index (χ2n) is 3.90. The van der Waals surface area contributed by atoms with Gasteiger partial charge in [-0.05, 0) is 32.2 Å². The molecule has 0 amide bonds. The van der Waals surface area contributed by atoms with E-state index in [4.69, 9.17) is 0 Å². The fourth-order valence-electron chi connectivity index (χ4n) is 1.66. The summed E-state index contributed by atoms with van der Waals surface area (Å²) < 4.78 is 0. The minimum absolute atomic E-state index is 0.909. The minimum Gasteiger partial charge on any atom is -0.348 e. The lowest BCUT2D eigenvalue weighted by molar-refractivity contribution is 0.301. The number of hydrogen-bond donors (Lipinski definition) is 2. The molecule has 0 spiro atoms. The second kappa shape index (κ2) is 3.92. The smallest absolute Gasteiger partial charge is 0.0925 e. The lowest BCUT2D eigenvalue weighted by atomic mass is 9.85. The van der Waals surface area contributed by atoms with Crippen LogP contribution in [0.5, 0.6) is 0 Å². The Morgan fingerprint density at radius 2 is 2.46 bits per heavy atom. The first-order valence-corrected chi connectivity index (χ1v) is 5.06. The van der Waals surface area contributed by atoms with Gasteiger partial charge in [-0.1, -0.05) is 6.42 Å². The molecule has 0 radical (unpaired) electrons. The Morgan fingerprint density at radius 3 is 3.00 bits per heavy atom. The van der Waals surface area contributed by atoms with Crippen LogP contribution >= 0.6 is 0 Å². The maximum Gasteiger partial charge on any atom is 0.0925 e. The van der Waals surface area contributed by atoms with Gasteiger partial charge in [0.1, 0.15) is 0 Å². The molecule has 0 aromatic carbocycles. The van der Waals surface area contributed by atoms with Gasteiger partial charge < -0.3 is 10.3 Å². The normalized spacial score (nSPS) is 17.3. The topological polar surface area (TPSA) is 40.7 Å². The third-order valence-corrected chi connectivity index (χ3v) is 2.88. The first kappa shape index (κ1) is 8.75. The van der Waals surface area contributed by atoms with E-state index in [-0.39, 0.29) is 0 Å². The molecule has 2 rings (SSSR count). The Kier molecular flexibility index (Phi) is 2.64. The van der Waals surface area contributed by atoms with Gasteiger partial charge in [-0.3, -0.25) is 0 Å². The van der Waals surface area contributed by atoms with Gasteiger partial charge in [-0.15, -0.1) is 0 Å². The lowest BCUT2D eigenvalue weighted by Crippen LogP contribution is -2.27. The van der Waals surface area contributed by atoms with Crippen LogP contribution in [-0.4, -0.2) is 16.5 Å². The molecule has 1 aliphatic rings. The van der Waals surface area contributed by atoms with Gasteiger partial charge in [0, 0.05) is 12.2 Å². The molecule has 2 N–H and O–H groups in total. The van der Waals surface area contributed by atoms with E-state index in [0.717, 1.165) is 24.7 Å². The third-order valence-electron chi connectivity index (χ3n) is 2.88. The van der Waals surface area contributed by atoms with Gasteiger partial charge in [0.05, 0.1) is 12.0 Å². The average Bonchev–Trinajstić information content (AvgIpc) is 2.42. The highest BCUT2D eigenvalue weighted by molar-refractivity contribution is 5.07. The molecular weight excluding hydrogens is 162 g/mol. The van der Waals surface area contributed by atoms with Crippen molar-refractivity contribution in [1.29, 1.82) is 0 Å². The van der Waals surface area contributed by atoms with E-state index in [0.29, 0.717) is 0 Å². The van der Waals surface area contributed by atoms with Crippen molar-refractivity contribution in [3.05, 3.63) is 17.7 Å². The lowest BCUT2D eigenvalue weighted by Gasteiger charge is -2.25. The van der Waals surface area contributed by atoms with E-state index >= 15 is 0 Å². The maximum atomic E-state index is 4.24. The number of aryl methyl sites for hydroxylation is 1. The fourth-order valence-corrected chi connectivity index (χ4v) is 1.66. The number of nitrogens with zero attached hydrogens (tertiary/aromatic N) is 1. The summed E-state index contributed by atoms with van der Waals surface area (Å²) in [5, 5.41) is 3.45. The van der Waals surface area contributed by atoms with Crippen LogP contribution in [0.25, 0.3) is 0 Å². The SMILES string of the molecule is Cc1[nH]cnc1CNCC1CCC1. The summed E-state index contributed by atoms with van der Waals surface area (Å²) >= 11 is 0. The molecule has 0 aliphatic heterocycles. The van der Waals surface area contributed by atoms with Gasteiger partial charge in [0.2, 0.25) is 0 Å². The van der Waals surface area contributed by atoms with Crippen molar-refractivity contribution in [1.82, 2.24) is 15.3 Å². The van der Waals surface area contributed by atoms with Crippen molar-refractivity contribution >= 4 is 0 Å². The fraction of sp³-hybridized carbons (Fsp3) is 0.700. The Hall–Kier alpha value is -0.830. The van der Waals surface area contributed by atoms with Crippen LogP contribution in [0.15, 0.2) is 6.33 Å². The monoisotopic (exact) mass is 179 g/mol. The summed E-state index contributed by atoms with van der Waals surface area (Å²) in [6.45, 7) is 4.13. The second-order valence-corrected chi connectivity index (χ2v) is 3.90. The van der Waals surface area contributed by atoms with Gasteiger partial charge >= 0.3 is 0 Å². The number of rotatable bonds is 4. The molecule has 72 valence electrons. The van der Waals surface area contributed by atoms with Crippen LogP contribution in [0.4, 0.5) is 0 Å². The molecule has 1 aliphatic carbocycles. The van der Waals surface area contributed by atoms with Crippen LogP contribution < -0.4 is 5.32 Å². The summed E-state index contributed by atoms with van der Waals surface area (Å²) in [7, 11) is 0. The highest BCUT2D eigenvalue weighted by Gasteiger charge is 2.16. The first-order valence-electron chi connectivity index (χ1n) is 5.06. The van der Waals surface area contributed by atoms with Crippen LogP contribution in [-0.2, 0) is 6.54 Å². The van der Waals surface area contributed by atoms with Crippen LogP contribution in [0, 0.1) is 12.8 Å². The summed E-state index contributed by atoms with van der Waals surface area (Å²) in [5.74, 6) is 0.930. The standard InChI is InChI=1S/C10H17N3/c1-8-10(13-7-12-8)6-11-5-9-3-2-4-9/h7,9,11H,2-6H2,1H3,(H,12,13). The van der Waals surface area contributed by atoms with Gasteiger partial charge in [-0.2, -0.15) is 0 Å². The Morgan fingerprint density at radius 1 is 1.62 bits per heavy atom. The minimum atomic E-state index is 0.909. The van der Waals surface area contributed by atoms with E-state index in [1.54, 1.807) is 6.33 Å². The van der Waals surface area contributed by atoms with E-state index in [1.807, 2.05) is 0 Å². The summed E-state index contributed by atoms with van der Waals surface area (Å²) in [6, 6.07) is 0. The Labute approximate surface area is 79.0 Å². The van der Waals surface area contributed by atoms with Gasteiger partial charge in [0.15, 0.2) is 0 Å². The van der Waals surface area contributed by atoms with Crippen molar-refractivity contribution in [2.45, 2.75) is 32.7 Å². The predicted molar refractivity (Wildman–Crippen MR) is 52.4 cm³/mol. The van der Waals surface area contributed by atoms with E-state index in [2.05, 4.69) is 22.2 Å².